The van der Waals surface area contributed by atoms with Crippen LogP contribution in [-0.4, -0.2) is 68.9 Å². The van der Waals surface area contributed by atoms with Gasteiger partial charge in [-0.2, -0.15) is 4.98 Å². The van der Waals surface area contributed by atoms with E-state index in [0.29, 0.717) is 31.2 Å². The van der Waals surface area contributed by atoms with Crippen molar-refractivity contribution in [1.82, 2.24) is 24.2 Å². The Morgan fingerprint density at radius 1 is 1.05 bits per heavy atom. The number of aromatic nitrogens is 3. The molecule has 2 aliphatic heterocycles. The largest absolute Gasteiger partial charge is 0.459 e. The molecule has 2 amide bonds. The highest BCUT2D eigenvalue weighted by Crippen LogP contribution is 2.57. The van der Waals surface area contributed by atoms with Crippen molar-refractivity contribution in [3.05, 3.63) is 41.4 Å². The molecule has 3 saturated carbocycles. The summed E-state index contributed by atoms with van der Waals surface area (Å²) < 4.78 is 36.6. The third-order valence-corrected chi connectivity index (χ3v) is 16.2. The Hall–Kier alpha value is -3.58. The number of para-hydroxylation sites is 1. The average molecular weight is 790 g/mol. The van der Waals surface area contributed by atoms with Crippen molar-refractivity contribution in [2.75, 3.05) is 6.54 Å². The van der Waals surface area contributed by atoms with Gasteiger partial charge in [0, 0.05) is 41.7 Å². The number of imidazole rings is 1. The van der Waals surface area contributed by atoms with Crippen LogP contribution in [0.5, 0.6) is 6.01 Å². The van der Waals surface area contributed by atoms with Gasteiger partial charge < -0.3 is 9.64 Å². The van der Waals surface area contributed by atoms with Crippen molar-refractivity contribution in [1.29, 1.82) is 0 Å². The number of fused-ring (bicyclic) bond motifs is 3. The molecule has 4 heterocycles. The molecule has 0 unspecified atom stereocenters. The first-order valence-electron chi connectivity index (χ1n) is 20.5. The van der Waals surface area contributed by atoms with Crippen LogP contribution in [0.2, 0.25) is 0 Å². The second-order valence-electron chi connectivity index (χ2n) is 17.5. The average Bonchev–Trinajstić information content (AvgIpc) is 3.65. The van der Waals surface area contributed by atoms with Gasteiger partial charge in [0.15, 0.2) is 5.78 Å². The molecule has 3 aromatic rings. The molecule has 0 radical (unpaired) electrons. The lowest BCUT2D eigenvalue weighted by atomic mass is 9.91. The first kappa shape index (κ1) is 38.3. The zero-order chi connectivity index (χ0) is 38.7. The van der Waals surface area contributed by atoms with E-state index >= 15 is 0 Å². The molecule has 1 N–H and O–H groups in total. The Balaban J connectivity index is 1.08. The molecule has 13 heteroatoms. The number of amides is 2. The topological polar surface area (TPSA) is 141 Å². The number of hydrogen-bond donors (Lipinski definition) is 1. The number of carbonyl (C=O) groups is 3. The maximum atomic E-state index is 14.5. The molecule has 296 valence electrons. The minimum absolute atomic E-state index is 0.0168. The molecule has 55 heavy (non-hydrogen) atoms. The molecule has 2 aromatic heterocycles. The van der Waals surface area contributed by atoms with Crippen LogP contribution in [0.1, 0.15) is 135 Å². The number of thiazole rings is 1. The Morgan fingerprint density at radius 3 is 2.56 bits per heavy atom. The lowest BCUT2D eigenvalue weighted by molar-refractivity contribution is -0.141. The second kappa shape index (κ2) is 14.7. The molecule has 4 fully saturated rings. The van der Waals surface area contributed by atoms with Gasteiger partial charge in [0.1, 0.15) is 16.6 Å². The van der Waals surface area contributed by atoms with Gasteiger partial charge in [-0.15, -0.1) is 11.3 Å². The molecule has 5 atom stereocenters. The maximum absolute atomic E-state index is 14.5. The van der Waals surface area contributed by atoms with Crippen molar-refractivity contribution >= 4 is 50.0 Å². The van der Waals surface area contributed by atoms with Gasteiger partial charge >= 0.3 is 0 Å². The van der Waals surface area contributed by atoms with E-state index in [2.05, 4.69) is 40.7 Å². The van der Waals surface area contributed by atoms with Gasteiger partial charge in [0.05, 0.1) is 34.0 Å². The standard InChI is InChI=1S/C42H55N5O6S2/c1-26(2)47-33-18-12-17-31(37-43-32(25-54-37)28-14-10-11-15-28)36(33)44-40(47)53-30-21-34-35(48)23-42(39(50)45-55(51,52)41(4)19-20-41)22-29(42)16-9-7-5-6-8-13-27(3)38(49)46(34)24-30/h9,12,16-18,25-30,34H,5-8,10-11,13-15,19-24H2,1-4H3,(H,45,50)/b16-9-/t27-,29-,30+,34-,42+/m0/s1. The number of hydrogen-bond acceptors (Lipinski definition) is 9. The smallest absolute Gasteiger partial charge is 0.297 e. The maximum Gasteiger partial charge on any atom is 0.297 e. The van der Waals surface area contributed by atoms with Crippen molar-refractivity contribution in [2.45, 2.75) is 146 Å². The number of sulfonamides is 1. The summed E-state index contributed by atoms with van der Waals surface area (Å²) in [4.78, 5) is 54.4. The third kappa shape index (κ3) is 7.28. The SMILES string of the molecule is CC(C)n1c(O[C@@H]2C[C@H]3C(=O)C[C@]4(C(=O)NS(=O)(=O)C5(C)CC5)C[C@@H]4/C=C\CCCCC[C@H](C)C(=O)N3C2)nc2c(-c3nc(C4CCCC4)cs3)cccc21. The summed E-state index contributed by atoms with van der Waals surface area (Å²) in [6.07, 6.45) is 14.3. The van der Waals surface area contributed by atoms with Gasteiger partial charge in [-0.3, -0.25) is 23.7 Å². The normalized spacial score (nSPS) is 29.4. The van der Waals surface area contributed by atoms with Gasteiger partial charge in [0.25, 0.3) is 6.01 Å². The molecule has 1 saturated heterocycles. The van der Waals surface area contributed by atoms with Crippen LogP contribution in [0, 0.1) is 17.3 Å². The minimum atomic E-state index is -3.89. The summed E-state index contributed by atoms with van der Waals surface area (Å²) >= 11 is 1.65. The van der Waals surface area contributed by atoms with Crippen molar-refractivity contribution in [3.8, 4) is 16.6 Å². The van der Waals surface area contributed by atoms with Crippen LogP contribution in [0.25, 0.3) is 21.6 Å². The Morgan fingerprint density at radius 2 is 1.82 bits per heavy atom. The van der Waals surface area contributed by atoms with Crippen LogP contribution >= 0.6 is 11.3 Å². The van der Waals surface area contributed by atoms with Gasteiger partial charge in [-0.05, 0) is 90.2 Å². The fourth-order valence-corrected chi connectivity index (χ4v) is 11.4. The number of rotatable bonds is 8. The molecule has 3 aliphatic carbocycles. The summed E-state index contributed by atoms with van der Waals surface area (Å²) in [5.74, 6) is -0.932. The van der Waals surface area contributed by atoms with Gasteiger partial charge in [0.2, 0.25) is 21.8 Å². The number of ether oxygens (including phenoxy) is 1. The molecule has 5 aliphatic rings. The summed E-state index contributed by atoms with van der Waals surface area (Å²) in [5.41, 5.74) is 2.70. The lowest BCUT2D eigenvalue weighted by Gasteiger charge is -2.28. The van der Waals surface area contributed by atoms with E-state index in [1.165, 1.54) is 31.4 Å². The molecule has 1 aromatic carbocycles. The summed E-state index contributed by atoms with van der Waals surface area (Å²) in [7, 11) is -3.89. The number of nitrogens with zero attached hydrogens (tertiary/aromatic N) is 4. The van der Waals surface area contributed by atoms with Crippen molar-refractivity contribution in [2.24, 2.45) is 17.3 Å². The fraction of sp³-hybridized carbons (Fsp3) is 0.643. The van der Waals surface area contributed by atoms with Gasteiger partial charge in [-0.1, -0.05) is 50.8 Å². The second-order valence-corrected chi connectivity index (χ2v) is 20.6. The molecule has 8 rings (SSSR count). The first-order valence-corrected chi connectivity index (χ1v) is 22.9. The quantitative estimate of drug-likeness (QED) is 0.228. The third-order valence-electron chi connectivity index (χ3n) is 13.1. The van der Waals surface area contributed by atoms with Crippen LogP contribution in [0.3, 0.4) is 0 Å². The highest BCUT2D eigenvalue weighted by Gasteiger charge is 2.62. The van der Waals surface area contributed by atoms with E-state index in [-0.39, 0.29) is 49.0 Å². The summed E-state index contributed by atoms with van der Waals surface area (Å²) in [6, 6.07) is 5.80. The zero-order valence-corrected chi connectivity index (χ0v) is 34.2. The monoisotopic (exact) mass is 789 g/mol. The molecule has 11 nitrogen and oxygen atoms in total. The lowest BCUT2D eigenvalue weighted by Crippen LogP contribution is -2.46. The van der Waals surface area contributed by atoms with E-state index in [4.69, 9.17) is 14.7 Å². The highest BCUT2D eigenvalue weighted by atomic mass is 32.2. The number of carbonyl (C=O) groups excluding carboxylic acids is 3. The number of Topliss-reactive ketones (excluding diaryl/α,β-unsaturated/α-hetero) is 1. The molecule has 0 bridgehead atoms. The zero-order valence-electron chi connectivity index (χ0n) is 32.6. The summed E-state index contributed by atoms with van der Waals surface area (Å²) in [5, 5.41) is 3.13. The number of allylic oxidation sites excluding steroid dienone is 2. The number of benzene rings is 1. The van der Waals surface area contributed by atoms with E-state index in [1.807, 2.05) is 25.1 Å². The molecular formula is C42H55N5O6S2. The van der Waals surface area contributed by atoms with Crippen LogP contribution < -0.4 is 9.46 Å². The fourth-order valence-electron chi connectivity index (χ4n) is 9.16. The molecular weight excluding hydrogens is 735 g/mol. The van der Waals surface area contributed by atoms with E-state index < -0.39 is 38.2 Å². The Labute approximate surface area is 328 Å². The predicted molar refractivity (Wildman–Crippen MR) is 213 cm³/mol. The Bertz CT molecular complexity index is 2110. The van der Waals surface area contributed by atoms with Gasteiger partial charge in [-0.25, -0.2) is 13.4 Å². The van der Waals surface area contributed by atoms with Crippen LogP contribution in [0.4, 0.5) is 0 Å². The minimum Gasteiger partial charge on any atom is -0.459 e. The van der Waals surface area contributed by atoms with Crippen molar-refractivity contribution < 1.29 is 27.5 Å². The van der Waals surface area contributed by atoms with E-state index in [0.717, 1.165) is 53.7 Å². The van der Waals surface area contributed by atoms with E-state index in [9.17, 15) is 22.8 Å². The molecule has 0 spiro atoms. The van der Waals surface area contributed by atoms with E-state index in [1.54, 1.807) is 23.2 Å². The predicted octanol–water partition coefficient (Wildman–Crippen LogP) is 7.87. The number of nitrogens with one attached hydrogen (secondary N) is 1. The Kier molecular flexibility index (Phi) is 10.3. The number of ketones is 1. The summed E-state index contributed by atoms with van der Waals surface area (Å²) in [6.45, 7) is 7.98. The van der Waals surface area contributed by atoms with Crippen molar-refractivity contribution in [3.63, 3.8) is 0 Å². The van der Waals surface area contributed by atoms with Crippen LogP contribution in [0.15, 0.2) is 35.7 Å². The van der Waals surface area contributed by atoms with Crippen LogP contribution in [-0.2, 0) is 24.4 Å². The highest BCUT2D eigenvalue weighted by molar-refractivity contribution is 7.91. The first-order chi connectivity index (χ1) is 26.3.